The van der Waals surface area contributed by atoms with Crippen molar-refractivity contribution in [2.75, 3.05) is 20.3 Å². The number of carbonyl (C=O) groups is 4. The molecule has 24 heavy (non-hydrogen) atoms. The van der Waals surface area contributed by atoms with E-state index in [-0.39, 0.29) is 11.5 Å². The third-order valence-corrected chi connectivity index (χ3v) is 3.85. The second-order valence-electron chi connectivity index (χ2n) is 4.56. The van der Waals surface area contributed by atoms with Crippen molar-refractivity contribution in [2.24, 2.45) is 0 Å². The molecule has 1 aliphatic heterocycles. The highest BCUT2D eigenvalue weighted by molar-refractivity contribution is 8.18. The predicted octanol–water partition coefficient (Wildman–Crippen LogP) is 1.36. The summed E-state index contributed by atoms with van der Waals surface area (Å²) in [5, 5.41) is 8.09. The van der Waals surface area contributed by atoms with Crippen molar-refractivity contribution in [1.29, 1.82) is 0 Å². The zero-order chi connectivity index (χ0) is 17.7. The molecule has 0 aliphatic carbocycles. The number of imide groups is 1. The van der Waals surface area contributed by atoms with Crippen molar-refractivity contribution in [3.05, 3.63) is 34.7 Å². The van der Waals surface area contributed by atoms with Crippen LogP contribution in [0.2, 0.25) is 0 Å². The predicted molar refractivity (Wildman–Crippen MR) is 84.3 cm³/mol. The molecule has 0 bridgehead atoms. The van der Waals surface area contributed by atoms with Crippen LogP contribution in [0.3, 0.4) is 0 Å². The Morgan fingerprint density at radius 2 is 2.00 bits per heavy atom. The highest BCUT2D eigenvalue weighted by Crippen LogP contribution is 2.33. The number of amides is 2. The van der Waals surface area contributed by atoms with Gasteiger partial charge < -0.3 is 14.6 Å². The molecular formula is C15H13NO7S. The van der Waals surface area contributed by atoms with E-state index in [9.17, 15) is 19.2 Å². The summed E-state index contributed by atoms with van der Waals surface area (Å²) in [6.07, 6.45) is 1.42. The van der Waals surface area contributed by atoms with Crippen LogP contribution in [-0.4, -0.2) is 53.4 Å². The smallest absolute Gasteiger partial charge is 0.343 e. The van der Waals surface area contributed by atoms with E-state index in [2.05, 4.69) is 4.74 Å². The van der Waals surface area contributed by atoms with Crippen LogP contribution >= 0.6 is 11.8 Å². The highest BCUT2D eigenvalue weighted by atomic mass is 32.2. The van der Waals surface area contributed by atoms with Crippen LogP contribution in [0.5, 0.6) is 5.75 Å². The van der Waals surface area contributed by atoms with E-state index < -0.39 is 29.6 Å². The zero-order valence-corrected chi connectivity index (χ0v) is 13.4. The molecule has 8 nitrogen and oxygen atoms in total. The summed E-state index contributed by atoms with van der Waals surface area (Å²) in [5.41, 5.74) is 0.474. The molecule has 0 spiro atoms. The van der Waals surface area contributed by atoms with Crippen molar-refractivity contribution in [3.63, 3.8) is 0 Å². The lowest BCUT2D eigenvalue weighted by Gasteiger charge is -2.09. The van der Waals surface area contributed by atoms with Gasteiger partial charge >= 0.3 is 11.9 Å². The van der Waals surface area contributed by atoms with Crippen molar-refractivity contribution >= 4 is 40.9 Å². The molecule has 1 aliphatic rings. The molecule has 0 saturated carbocycles. The lowest BCUT2D eigenvalue weighted by molar-refractivity contribution is -0.143. The van der Waals surface area contributed by atoms with Gasteiger partial charge in [-0.2, -0.15) is 0 Å². The van der Waals surface area contributed by atoms with Crippen LogP contribution in [-0.2, 0) is 19.1 Å². The lowest BCUT2D eigenvalue weighted by Crippen LogP contribution is -2.33. The number of benzene rings is 1. The minimum atomic E-state index is -1.28. The lowest BCUT2D eigenvalue weighted by atomic mass is 10.2. The van der Waals surface area contributed by atoms with Crippen molar-refractivity contribution in [1.82, 2.24) is 4.90 Å². The number of para-hydroxylation sites is 1. The van der Waals surface area contributed by atoms with Gasteiger partial charge in [0.15, 0.2) is 6.61 Å². The van der Waals surface area contributed by atoms with E-state index in [1.165, 1.54) is 13.2 Å². The van der Waals surface area contributed by atoms with Gasteiger partial charge in [0.1, 0.15) is 12.3 Å². The fourth-order valence-corrected chi connectivity index (χ4v) is 2.67. The number of thioether (sulfide) groups is 1. The van der Waals surface area contributed by atoms with Crippen LogP contribution in [0.25, 0.3) is 6.08 Å². The third kappa shape index (κ3) is 4.13. The fourth-order valence-electron chi connectivity index (χ4n) is 1.84. The summed E-state index contributed by atoms with van der Waals surface area (Å²) < 4.78 is 9.80. The first-order chi connectivity index (χ1) is 11.4. The minimum Gasteiger partial charge on any atom is -0.481 e. The monoisotopic (exact) mass is 351 g/mol. The summed E-state index contributed by atoms with van der Waals surface area (Å²) in [6, 6.07) is 6.60. The Hall–Kier alpha value is -2.81. The molecule has 1 saturated heterocycles. The van der Waals surface area contributed by atoms with Crippen molar-refractivity contribution < 1.29 is 33.8 Å². The molecule has 0 unspecified atom stereocenters. The number of carboxylic acids is 1. The number of hydrogen-bond acceptors (Lipinski definition) is 7. The molecule has 1 aromatic carbocycles. The largest absolute Gasteiger partial charge is 0.481 e. The van der Waals surface area contributed by atoms with E-state index in [0.29, 0.717) is 28.0 Å². The van der Waals surface area contributed by atoms with Crippen LogP contribution in [0.1, 0.15) is 5.56 Å². The number of ether oxygens (including phenoxy) is 2. The molecule has 1 N–H and O–H groups in total. The first-order valence-corrected chi connectivity index (χ1v) is 7.50. The fraction of sp³-hybridized carbons (Fsp3) is 0.200. The molecule has 0 aromatic heterocycles. The summed E-state index contributed by atoms with van der Waals surface area (Å²) in [7, 11) is 1.23. The Kier molecular flexibility index (Phi) is 5.59. The molecule has 0 atom stereocenters. The van der Waals surface area contributed by atoms with Gasteiger partial charge in [0.25, 0.3) is 11.1 Å². The van der Waals surface area contributed by atoms with Gasteiger partial charge in [0.2, 0.25) is 0 Å². The quantitative estimate of drug-likeness (QED) is 0.604. The molecule has 1 fully saturated rings. The minimum absolute atomic E-state index is 0.0790. The van der Waals surface area contributed by atoms with Crippen LogP contribution in [0, 0.1) is 0 Å². The maximum absolute atomic E-state index is 12.1. The second kappa shape index (κ2) is 7.64. The number of carboxylic acid groups (broad SMARTS) is 1. The highest BCUT2D eigenvalue weighted by Gasteiger charge is 2.36. The van der Waals surface area contributed by atoms with Gasteiger partial charge in [0, 0.05) is 5.56 Å². The van der Waals surface area contributed by atoms with Crippen LogP contribution in [0.4, 0.5) is 4.79 Å². The number of nitrogens with zero attached hydrogens (tertiary/aromatic N) is 1. The number of carbonyl (C=O) groups excluding carboxylic acids is 3. The molecule has 2 rings (SSSR count). The average Bonchev–Trinajstić information content (AvgIpc) is 2.81. The number of aliphatic carboxylic acids is 1. The molecule has 2 amide bonds. The molecular weight excluding hydrogens is 338 g/mol. The van der Waals surface area contributed by atoms with Gasteiger partial charge in [-0.15, -0.1) is 0 Å². The first-order valence-electron chi connectivity index (χ1n) is 6.68. The Morgan fingerprint density at radius 1 is 1.29 bits per heavy atom. The Labute approximate surface area is 141 Å². The molecule has 126 valence electrons. The number of hydrogen-bond donors (Lipinski definition) is 1. The van der Waals surface area contributed by atoms with E-state index in [4.69, 9.17) is 9.84 Å². The SMILES string of the molecule is COC(=O)COc1ccccc1/C=C1/SC(=O)N(CC(=O)O)C1=O. The standard InChI is InChI=1S/C15H13NO7S/c1-22-13(19)8-23-10-5-3-2-4-9(10)6-11-14(20)16(7-12(17)18)15(21)24-11/h2-6H,7-8H2,1H3,(H,17,18)/b11-6+. The summed E-state index contributed by atoms with van der Waals surface area (Å²) in [4.78, 5) is 46.4. The van der Waals surface area contributed by atoms with Gasteiger partial charge in [-0.1, -0.05) is 18.2 Å². The Morgan fingerprint density at radius 3 is 2.67 bits per heavy atom. The van der Waals surface area contributed by atoms with Crippen LogP contribution < -0.4 is 4.74 Å². The van der Waals surface area contributed by atoms with Gasteiger partial charge in [-0.3, -0.25) is 19.3 Å². The number of esters is 1. The zero-order valence-electron chi connectivity index (χ0n) is 12.6. The van der Waals surface area contributed by atoms with Crippen molar-refractivity contribution in [3.8, 4) is 5.75 Å². The third-order valence-electron chi connectivity index (χ3n) is 2.95. The van der Waals surface area contributed by atoms with E-state index in [1.54, 1.807) is 24.3 Å². The van der Waals surface area contributed by atoms with Gasteiger partial charge in [-0.25, -0.2) is 4.79 Å². The number of rotatable bonds is 6. The van der Waals surface area contributed by atoms with Gasteiger partial charge in [-0.05, 0) is 23.9 Å². The van der Waals surface area contributed by atoms with Crippen LogP contribution in [0.15, 0.2) is 29.2 Å². The second-order valence-corrected chi connectivity index (χ2v) is 5.56. The first kappa shape index (κ1) is 17.5. The topological polar surface area (TPSA) is 110 Å². The molecule has 1 heterocycles. The molecule has 1 aromatic rings. The summed E-state index contributed by atoms with van der Waals surface area (Å²) in [5.74, 6) is -2.20. The molecule has 9 heteroatoms. The normalized spacial score (nSPS) is 15.7. The van der Waals surface area contributed by atoms with E-state index in [0.717, 1.165) is 0 Å². The van der Waals surface area contributed by atoms with E-state index >= 15 is 0 Å². The Balaban J connectivity index is 2.22. The molecule has 0 radical (unpaired) electrons. The Bertz CT molecular complexity index is 728. The maximum Gasteiger partial charge on any atom is 0.343 e. The maximum atomic E-state index is 12.1. The summed E-state index contributed by atoms with van der Waals surface area (Å²) >= 11 is 0.644. The van der Waals surface area contributed by atoms with Crippen molar-refractivity contribution in [2.45, 2.75) is 0 Å². The number of methoxy groups -OCH3 is 1. The summed E-state index contributed by atoms with van der Waals surface area (Å²) in [6.45, 7) is -0.996. The average molecular weight is 351 g/mol. The van der Waals surface area contributed by atoms with Gasteiger partial charge in [0.05, 0.1) is 12.0 Å². The van der Waals surface area contributed by atoms with E-state index in [1.807, 2.05) is 0 Å².